The Balaban J connectivity index is 2.06. The van der Waals surface area contributed by atoms with Crippen molar-refractivity contribution < 1.29 is 19.2 Å². The highest BCUT2D eigenvalue weighted by molar-refractivity contribution is 6.02. The highest BCUT2D eigenvalue weighted by Gasteiger charge is 2.07. The van der Waals surface area contributed by atoms with E-state index < -0.39 is 10.8 Å². The van der Waals surface area contributed by atoms with Crippen LogP contribution in [0.25, 0.3) is 6.08 Å². The average molecular weight is 354 g/mol. The molecule has 2 rings (SSSR count). The summed E-state index contributed by atoms with van der Waals surface area (Å²) in [5, 5.41) is 13.3. The Morgan fingerprint density at radius 3 is 2.77 bits per heavy atom. The number of benzene rings is 2. The molecule has 0 aliphatic rings. The van der Waals surface area contributed by atoms with Crippen LogP contribution in [-0.2, 0) is 4.79 Å². The molecule has 2 aromatic carbocycles. The maximum atomic E-state index is 12.0. The van der Waals surface area contributed by atoms with Gasteiger partial charge in [-0.1, -0.05) is 24.8 Å². The lowest BCUT2D eigenvalue weighted by Crippen LogP contribution is -2.07. The van der Waals surface area contributed by atoms with E-state index in [0.29, 0.717) is 23.8 Å². The Labute approximate surface area is 150 Å². The molecule has 1 N–H and O–H groups in total. The summed E-state index contributed by atoms with van der Waals surface area (Å²) in [5.74, 6) is 0.704. The van der Waals surface area contributed by atoms with Gasteiger partial charge in [-0.05, 0) is 29.8 Å². The topological polar surface area (TPSA) is 90.7 Å². The van der Waals surface area contributed by atoms with Crippen molar-refractivity contribution >= 4 is 23.4 Å². The monoisotopic (exact) mass is 354 g/mol. The third kappa shape index (κ3) is 5.20. The highest BCUT2D eigenvalue weighted by Crippen LogP contribution is 2.28. The second kappa shape index (κ2) is 9.03. The molecule has 0 atom stereocenters. The zero-order valence-electron chi connectivity index (χ0n) is 14.2. The molecule has 0 heterocycles. The van der Waals surface area contributed by atoms with E-state index in [0.717, 1.165) is 5.56 Å². The molecule has 0 aromatic heterocycles. The number of hydrogen-bond acceptors (Lipinski definition) is 5. The van der Waals surface area contributed by atoms with E-state index in [2.05, 4.69) is 11.9 Å². The van der Waals surface area contributed by atoms with Crippen LogP contribution in [-0.4, -0.2) is 24.5 Å². The minimum atomic E-state index is -0.520. The first-order chi connectivity index (χ1) is 12.5. The molecule has 1 amide bonds. The molecule has 7 heteroatoms. The van der Waals surface area contributed by atoms with Gasteiger partial charge < -0.3 is 14.8 Å². The Kier molecular flexibility index (Phi) is 6.50. The summed E-state index contributed by atoms with van der Waals surface area (Å²) in [6.45, 7) is 3.95. The van der Waals surface area contributed by atoms with Crippen LogP contribution in [0.3, 0.4) is 0 Å². The predicted molar refractivity (Wildman–Crippen MR) is 99.4 cm³/mol. The van der Waals surface area contributed by atoms with Gasteiger partial charge in [-0.3, -0.25) is 14.9 Å². The number of non-ortho nitro benzene ring substituents is 1. The van der Waals surface area contributed by atoms with E-state index in [4.69, 9.17) is 9.47 Å². The lowest BCUT2D eigenvalue weighted by Gasteiger charge is -2.09. The van der Waals surface area contributed by atoms with Gasteiger partial charge in [0.15, 0.2) is 11.5 Å². The number of anilines is 1. The molecule has 0 radical (unpaired) electrons. The summed E-state index contributed by atoms with van der Waals surface area (Å²) in [4.78, 5) is 22.2. The molecule has 7 nitrogen and oxygen atoms in total. The molecule has 0 unspecified atom stereocenters. The number of nitro benzene ring substituents is 1. The standard InChI is InChI=1S/C19H18N2O5/c1-3-11-26-17-9-7-14(12-18(17)25-2)8-10-19(22)20-15-5-4-6-16(13-15)21(23)24/h3-10,12-13H,1,11H2,2H3,(H,20,22)/b10-8+. The van der Waals surface area contributed by atoms with Crippen LogP contribution in [0.1, 0.15) is 5.56 Å². The fourth-order valence-electron chi connectivity index (χ4n) is 2.11. The first-order valence-corrected chi connectivity index (χ1v) is 7.68. The number of hydrogen-bond donors (Lipinski definition) is 1. The van der Waals surface area contributed by atoms with Crippen LogP contribution in [0.5, 0.6) is 11.5 Å². The number of nitro groups is 1. The summed E-state index contributed by atoms with van der Waals surface area (Å²) < 4.78 is 10.7. The molecule has 0 aliphatic carbocycles. The Morgan fingerprint density at radius 1 is 1.27 bits per heavy atom. The van der Waals surface area contributed by atoms with Crippen molar-refractivity contribution in [1.29, 1.82) is 0 Å². The number of nitrogens with zero attached hydrogens (tertiary/aromatic N) is 1. The van der Waals surface area contributed by atoms with Gasteiger partial charge in [0.05, 0.1) is 12.0 Å². The van der Waals surface area contributed by atoms with Crippen LogP contribution in [0, 0.1) is 10.1 Å². The number of carbonyl (C=O) groups excluding carboxylic acids is 1. The van der Waals surface area contributed by atoms with Gasteiger partial charge in [-0.25, -0.2) is 0 Å². The van der Waals surface area contributed by atoms with Crippen molar-refractivity contribution in [3.8, 4) is 11.5 Å². The van der Waals surface area contributed by atoms with Gasteiger partial charge >= 0.3 is 0 Å². The van der Waals surface area contributed by atoms with E-state index in [1.54, 1.807) is 36.4 Å². The van der Waals surface area contributed by atoms with E-state index in [1.807, 2.05) is 0 Å². The summed E-state index contributed by atoms with van der Waals surface area (Å²) in [5.41, 5.74) is 0.994. The number of methoxy groups -OCH3 is 1. The van der Waals surface area contributed by atoms with Crippen molar-refractivity contribution in [3.63, 3.8) is 0 Å². The predicted octanol–water partition coefficient (Wildman–Crippen LogP) is 3.82. The summed E-state index contributed by atoms with van der Waals surface area (Å²) >= 11 is 0. The van der Waals surface area contributed by atoms with Gasteiger partial charge in [-0.15, -0.1) is 0 Å². The van der Waals surface area contributed by atoms with Gasteiger partial charge in [0.1, 0.15) is 6.61 Å². The zero-order valence-corrected chi connectivity index (χ0v) is 14.2. The molecular formula is C19H18N2O5. The van der Waals surface area contributed by atoms with Crippen molar-refractivity contribution in [2.75, 3.05) is 19.0 Å². The minimum absolute atomic E-state index is 0.0911. The Bertz CT molecular complexity index is 846. The molecule has 0 spiro atoms. The first-order valence-electron chi connectivity index (χ1n) is 7.68. The summed E-state index contributed by atoms with van der Waals surface area (Å²) in [7, 11) is 1.53. The molecule has 0 fully saturated rings. The molecule has 0 bridgehead atoms. The maximum Gasteiger partial charge on any atom is 0.271 e. The third-order valence-corrected chi connectivity index (χ3v) is 3.30. The number of nitrogens with one attached hydrogen (secondary N) is 1. The average Bonchev–Trinajstić information content (AvgIpc) is 2.65. The van der Waals surface area contributed by atoms with E-state index in [1.165, 1.54) is 31.4 Å². The SMILES string of the molecule is C=CCOc1ccc(/C=C/C(=O)Nc2cccc([N+](=O)[O-])c2)cc1OC. The van der Waals surface area contributed by atoms with Crippen LogP contribution in [0.15, 0.2) is 61.2 Å². The van der Waals surface area contributed by atoms with Crippen molar-refractivity contribution in [3.05, 3.63) is 76.9 Å². The third-order valence-electron chi connectivity index (χ3n) is 3.30. The second-order valence-electron chi connectivity index (χ2n) is 5.14. The largest absolute Gasteiger partial charge is 0.493 e. The van der Waals surface area contributed by atoms with Crippen LogP contribution < -0.4 is 14.8 Å². The van der Waals surface area contributed by atoms with Crippen molar-refractivity contribution in [1.82, 2.24) is 0 Å². The smallest absolute Gasteiger partial charge is 0.271 e. The highest BCUT2D eigenvalue weighted by atomic mass is 16.6. The van der Waals surface area contributed by atoms with Gasteiger partial charge in [0.2, 0.25) is 5.91 Å². The molecule has 26 heavy (non-hydrogen) atoms. The van der Waals surface area contributed by atoms with E-state index >= 15 is 0 Å². The number of carbonyl (C=O) groups is 1. The van der Waals surface area contributed by atoms with E-state index in [-0.39, 0.29) is 5.69 Å². The number of ether oxygens (including phenoxy) is 2. The quantitative estimate of drug-likeness (QED) is 0.337. The van der Waals surface area contributed by atoms with Gasteiger partial charge in [-0.2, -0.15) is 0 Å². The lowest BCUT2D eigenvalue weighted by molar-refractivity contribution is -0.384. The fourth-order valence-corrected chi connectivity index (χ4v) is 2.11. The summed E-state index contributed by atoms with van der Waals surface area (Å²) in [6, 6.07) is 11.0. The van der Waals surface area contributed by atoms with Crippen LogP contribution >= 0.6 is 0 Å². The fraction of sp³-hybridized carbons (Fsp3) is 0.105. The molecule has 2 aromatic rings. The van der Waals surface area contributed by atoms with Crippen LogP contribution in [0.4, 0.5) is 11.4 Å². The van der Waals surface area contributed by atoms with Gasteiger partial charge in [0, 0.05) is 23.9 Å². The Hall–Kier alpha value is -3.61. The van der Waals surface area contributed by atoms with Crippen LogP contribution in [0.2, 0.25) is 0 Å². The lowest BCUT2D eigenvalue weighted by atomic mass is 10.2. The molecular weight excluding hydrogens is 336 g/mol. The van der Waals surface area contributed by atoms with Crippen molar-refractivity contribution in [2.24, 2.45) is 0 Å². The maximum absolute atomic E-state index is 12.0. The first kappa shape index (κ1) is 18.7. The number of amides is 1. The van der Waals surface area contributed by atoms with E-state index in [9.17, 15) is 14.9 Å². The normalized spacial score (nSPS) is 10.3. The molecule has 0 saturated carbocycles. The number of rotatable bonds is 8. The Morgan fingerprint density at radius 2 is 2.08 bits per heavy atom. The minimum Gasteiger partial charge on any atom is -0.493 e. The van der Waals surface area contributed by atoms with Crippen molar-refractivity contribution in [2.45, 2.75) is 0 Å². The second-order valence-corrected chi connectivity index (χ2v) is 5.14. The zero-order chi connectivity index (χ0) is 18.9. The summed E-state index contributed by atoms with van der Waals surface area (Å²) in [6.07, 6.45) is 4.57. The molecule has 0 aliphatic heterocycles. The molecule has 134 valence electrons. The molecule has 0 saturated heterocycles. The van der Waals surface area contributed by atoms with Gasteiger partial charge in [0.25, 0.3) is 5.69 Å².